The van der Waals surface area contributed by atoms with Crippen molar-refractivity contribution in [3.63, 3.8) is 0 Å². The molecule has 0 aliphatic heterocycles. The molecule has 0 amide bonds. The second-order valence-electron chi connectivity index (χ2n) is 3.88. The molecule has 3 nitrogen and oxygen atoms in total. The first kappa shape index (κ1) is 13.6. The summed E-state index contributed by atoms with van der Waals surface area (Å²) in [6.07, 6.45) is 0. The molecule has 0 fully saturated rings. The molecule has 0 spiro atoms. The van der Waals surface area contributed by atoms with Gasteiger partial charge in [-0.3, -0.25) is 0 Å². The fraction of sp³-hybridized carbons (Fsp3) is 0.133. The lowest BCUT2D eigenvalue weighted by Gasteiger charge is -2.12. The molecule has 2 aromatic rings. The van der Waals surface area contributed by atoms with Crippen LogP contribution in [0.1, 0.15) is 15.9 Å². The van der Waals surface area contributed by atoms with Crippen molar-refractivity contribution in [2.24, 2.45) is 0 Å². The molecule has 0 N–H and O–H groups in total. The molecule has 0 saturated carbocycles. The summed E-state index contributed by atoms with van der Waals surface area (Å²) in [5.41, 5.74) is 1.45. The Morgan fingerprint density at radius 2 is 1.84 bits per heavy atom. The van der Waals surface area contributed by atoms with Gasteiger partial charge in [0.25, 0.3) is 0 Å². The lowest BCUT2D eigenvalue weighted by atomic mass is 10.2. The van der Waals surface area contributed by atoms with E-state index in [4.69, 9.17) is 9.47 Å². The van der Waals surface area contributed by atoms with Gasteiger partial charge in [-0.25, -0.2) is 4.79 Å². The third-order valence-corrected chi connectivity index (χ3v) is 3.22. The molecule has 0 aliphatic carbocycles. The van der Waals surface area contributed by atoms with Gasteiger partial charge >= 0.3 is 5.97 Å². The summed E-state index contributed by atoms with van der Waals surface area (Å²) in [4.78, 5) is 11.7. The Bertz CT molecular complexity index is 567. The van der Waals surface area contributed by atoms with Crippen molar-refractivity contribution in [1.29, 1.82) is 0 Å². The van der Waals surface area contributed by atoms with Gasteiger partial charge in [-0.1, -0.05) is 36.4 Å². The standard InChI is InChI=1S/C15H13BrO3/c1-18-15(17)12-8-5-9-13(16)14(12)19-10-11-6-3-2-4-7-11/h2-9H,10H2,1H3. The summed E-state index contributed by atoms with van der Waals surface area (Å²) >= 11 is 3.39. The first-order valence-electron chi connectivity index (χ1n) is 5.76. The zero-order valence-corrected chi connectivity index (χ0v) is 12.0. The van der Waals surface area contributed by atoms with Crippen molar-refractivity contribution >= 4 is 21.9 Å². The summed E-state index contributed by atoms with van der Waals surface area (Å²) in [7, 11) is 1.35. The monoisotopic (exact) mass is 320 g/mol. The van der Waals surface area contributed by atoms with E-state index in [0.717, 1.165) is 10.0 Å². The molecule has 0 heterocycles. The molecule has 2 rings (SSSR count). The summed E-state index contributed by atoms with van der Waals surface area (Å²) < 4.78 is 11.2. The number of methoxy groups -OCH3 is 1. The molecular weight excluding hydrogens is 308 g/mol. The molecule has 98 valence electrons. The third kappa shape index (κ3) is 3.35. The Labute approximate surface area is 120 Å². The number of rotatable bonds is 4. The summed E-state index contributed by atoms with van der Waals surface area (Å²) in [6, 6.07) is 15.0. The number of benzene rings is 2. The van der Waals surface area contributed by atoms with E-state index >= 15 is 0 Å². The van der Waals surface area contributed by atoms with Crippen molar-refractivity contribution in [3.05, 3.63) is 64.1 Å². The van der Waals surface area contributed by atoms with Crippen LogP contribution < -0.4 is 4.74 Å². The van der Waals surface area contributed by atoms with Crippen LogP contribution in [0, 0.1) is 0 Å². The summed E-state index contributed by atoms with van der Waals surface area (Å²) in [6.45, 7) is 0.396. The zero-order chi connectivity index (χ0) is 13.7. The third-order valence-electron chi connectivity index (χ3n) is 2.60. The molecule has 0 aliphatic rings. The number of hydrogen-bond donors (Lipinski definition) is 0. The van der Waals surface area contributed by atoms with Gasteiger partial charge in [0.1, 0.15) is 17.9 Å². The van der Waals surface area contributed by atoms with Gasteiger partial charge in [0.2, 0.25) is 0 Å². The average molecular weight is 321 g/mol. The molecule has 0 radical (unpaired) electrons. The minimum Gasteiger partial charge on any atom is -0.487 e. The van der Waals surface area contributed by atoms with E-state index in [1.165, 1.54) is 7.11 Å². The molecule has 0 unspecified atom stereocenters. The average Bonchev–Trinajstić information content (AvgIpc) is 2.46. The van der Waals surface area contributed by atoms with Gasteiger partial charge in [0, 0.05) is 0 Å². The van der Waals surface area contributed by atoms with Crippen LogP contribution in [0.25, 0.3) is 0 Å². The Hall–Kier alpha value is -1.81. The van der Waals surface area contributed by atoms with Gasteiger partial charge < -0.3 is 9.47 Å². The quantitative estimate of drug-likeness (QED) is 0.803. The highest BCUT2D eigenvalue weighted by Gasteiger charge is 2.15. The largest absolute Gasteiger partial charge is 0.487 e. The van der Waals surface area contributed by atoms with E-state index < -0.39 is 5.97 Å². The van der Waals surface area contributed by atoms with Crippen LogP contribution in [0.2, 0.25) is 0 Å². The molecule has 19 heavy (non-hydrogen) atoms. The number of carbonyl (C=O) groups is 1. The van der Waals surface area contributed by atoms with Crippen LogP contribution >= 0.6 is 15.9 Å². The van der Waals surface area contributed by atoms with Gasteiger partial charge in [-0.15, -0.1) is 0 Å². The van der Waals surface area contributed by atoms with E-state index in [-0.39, 0.29) is 0 Å². The van der Waals surface area contributed by atoms with Gasteiger partial charge in [-0.05, 0) is 33.6 Å². The van der Waals surface area contributed by atoms with Gasteiger partial charge in [0.15, 0.2) is 0 Å². The van der Waals surface area contributed by atoms with Crippen LogP contribution in [-0.2, 0) is 11.3 Å². The fourth-order valence-electron chi connectivity index (χ4n) is 1.66. The fourth-order valence-corrected chi connectivity index (χ4v) is 2.14. The van der Waals surface area contributed by atoms with E-state index in [9.17, 15) is 4.79 Å². The van der Waals surface area contributed by atoms with Crippen molar-refractivity contribution in [2.75, 3.05) is 7.11 Å². The number of esters is 1. The minimum atomic E-state index is -0.413. The van der Waals surface area contributed by atoms with E-state index in [1.807, 2.05) is 36.4 Å². The highest BCUT2D eigenvalue weighted by atomic mass is 79.9. The Kier molecular flexibility index (Phi) is 4.58. The highest BCUT2D eigenvalue weighted by Crippen LogP contribution is 2.30. The molecule has 0 aromatic heterocycles. The first-order valence-corrected chi connectivity index (χ1v) is 6.55. The molecule has 0 saturated heterocycles. The maximum Gasteiger partial charge on any atom is 0.341 e. The molecule has 0 atom stereocenters. The van der Waals surface area contributed by atoms with Crippen LogP contribution in [-0.4, -0.2) is 13.1 Å². The number of carbonyl (C=O) groups excluding carboxylic acids is 1. The molecule has 2 aromatic carbocycles. The van der Waals surface area contributed by atoms with Crippen LogP contribution in [0.3, 0.4) is 0 Å². The van der Waals surface area contributed by atoms with Crippen molar-refractivity contribution in [1.82, 2.24) is 0 Å². The Balaban J connectivity index is 2.22. The number of para-hydroxylation sites is 1. The Morgan fingerprint density at radius 1 is 1.11 bits per heavy atom. The highest BCUT2D eigenvalue weighted by molar-refractivity contribution is 9.10. The SMILES string of the molecule is COC(=O)c1cccc(Br)c1OCc1ccccc1. The Morgan fingerprint density at radius 3 is 2.53 bits per heavy atom. The predicted molar refractivity (Wildman–Crippen MR) is 76.3 cm³/mol. The number of ether oxygens (including phenoxy) is 2. The van der Waals surface area contributed by atoms with E-state index in [1.54, 1.807) is 12.1 Å². The van der Waals surface area contributed by atoms with Crippen molar-refractivity contribution in [2.45, 2.75) is 6.61 Å². The predicted octanol–water partition coefficient (Wildman–Crippen LogP) is 3.81. The van der Waals surface area contributed by atoms with Crippen LogP contribution in [0.5, 0.6) is 5.75 Å². The topological polar surface area (TPSA) is 35.5 Å². The summed E-state index contributed by atoms with van der Waals surface area (Å²) in [5.74, 6) is 0.0857. The summed E-state index contributed by atoms with van der Waals surface area (Å²) in [5, 5.41) is 0. The molecular formula is C15H13BrO3. The van der Waals surface area contributed by atoms with Crippen molar-refractivity contribution in [3.8, 4) is 5.75 Å². The van der Waals surface area contributed by atoms with E-state index in [2.05, 4.69) is 15.9 Å². The molecule has 4 heteroatoms. The number of halogens is 1. The van der Waals surface area contributed by atoms with E-state index in [0.29, 0.717) is 17.9 Å². The van der Waals surface area contributed by atoms with Gasteiger partial charge in [-0.2, -0.15) is 0 Å². The smallest absolute Gasteiger partial charge is 0.341 e. The zero-order valence-electron chi connectivity index (χ0n) is 10.4. The second-order valence-corrected chi connectivity index (χ2v) is 4.74. The number of hydrogen-bond acceptors (Lipinski definition) is 3. The first-order chi connectivity index (χ1) is 9.22. The minimum absolute atomic E-state index is 0.396. The lowest BCUT2D eigenvalue weighted by Crippen LogP contribution is -2.06. The van der Waals surface area contributed by atoms with Crippen molar-refractivity contribution < 1.29 is 14.3 Å². The normalized spacial score (nSPS) is 10.0. The molecule has 0 bridgehead atoms. The van der Waals surface area contributed by atoms with Crippen LogP contribution in [0.15, 0.2) is 53.0 Å². The lowest BCUT2D eigenvalue weighted by molar-refractivity contribution is 0.0595. The second kappa shape index (κ2) is 6.38. The maximum atomic E-state index is 11.7. The maximum absolute atomic E-state index is 11.7. The van der Waals surface area contributed by atoms with Crippen LogP contribution in [0.4, 0.5) is 0 Å². The van der Waals surface area contributed by atoms with Gasteiger partial charge in [0.05, 0.1) is 11.6 Å².